The fraction of sp³-hybridized carbons (Fsp3) is 0.667. The summed E-state index contributed by atoms with van der Waals surface area (Å²) in [6.07, 6.45) is 5.27. The van der Waals surface area contributed by atoms with Gasteiger partial charge in [-0.25, -0.2) is 0 Å². The van der Waals surface area contributed by atoms with Gasteiger partial charge in [-0.1, -0.05) is 64.3 Å². The molecular weight excluding hydrogens is 367 g/mol. The molecule has 0 bridgehead atoms. The molecule has 0 saturated heterocycles. The van der Waals surface area contributed by atoms with Crippen molar-refractivity contribution in [3.05, 3.63) is 34.9 Å². The highest BCUT2D eigenvalue weighted by molar-refractivity contribution is 6.30. The quantitative estimate of drug-likeness (QED) is 0.638. The zero-order valence-electron chi connectivity index (χ0n) is 16.4. The van der Waals surface area contributed by atoms with Crippen LogP contribution < -0.4 is 11.1 Å². The third-order valence-electron chi connectivity index (χ3n) is 5.92. The highest BCUT2D eigenvalue weighted by atomic mass is 35.5. The molecule has 0 aromatic heterocycles. The summed E-state index contributed by atoms with van der Waals surface area (Å²) in [6, 6.07) is 7.82. The maximum Gasteiger partial charge on any atom is 0.237 e. The van der Waals surface area contributed by atoms with E-state index in [0.717, 1.165) is 30.7 Å². The lowest BCUT2D eigenvalue weighted by Crippen LogP contribution is -2.58. The van der Waals surface area contributed by atoms with E-state index in [0.29, 0.717) is 5.92 Å². The van der Waals surface area contributed by atoms with E-state index in [1.54, 1.807) is 0 Å². The molecule has 26 heavy (non-hydrogen) atoms. The molecule has 0 spiro atoms. The zero-order valence-corrected chi connectivity index (χ0v) is 18.0. The Bertz CT molecular complexity index is 570. The number of halogens is 2. The van der Waals surface area contributed by atoms with Crippen LogP contribution in [0.4, 0.5) is 0 Å². The van der Waals surface area contributed by atoms with Crippen molar-refractivity contribution in [2.45, 2.75) is 77.3 Å². The topological polar surface area (TPSA) is 55.1 Å². The van der Waals surface area contributed by atoms with E-state index in [2.05, 4.69) is 38.2 Å². The monoisotopic (exact) mass is 400 g/mol. The summed E-state index contributed by atoms with van der Waals surface area (Å²) in [5.74, 6) is 0.683. The summed E-state index contributed by atoms with van der Waals surface area (Å²) < 4.78 is 0. The number of nitrogens with two attached hydrogens (primary N) is 1. The third kappa shape index (κ3) is 5.15. The molecule has 1 aliphatic rings. The molecule has 3 N–H and O–H groups in total. The van der Waals surface area contributed by atoms with E-state index in [4.69, 9.17) is 17.3 Å². The molecule has 1 aromatic carbocycles. The van der Waals surface area contributed by atoms with Crippen LogP contribution in [0.3, 0.4) is 0 Å². The Morgan fingerprint density at radius 1 is 1.23 bits per heavy atom. The lowest BCUT2D eigenvalue weighted by molar-refractivity contribution is -0.125. The summed E-state index contributed by atoms with van der Waals surface area (Å²) >= 11 is 6.08. The average Bonchev–Trinajstić information content (AvgIpc) is 2.53. The van der Waals surface area contributed by atoms with Crippen molar-refractivity contribution >= 4 is 29.9 Å². The van der Waals surface area contributed by atoms with Crippen LogP contribution >= 0.6 is 24.0 Å². The number of rotatable bonds is 8. The van der Waals surface area contributed by atoms with Gasteiger partial charge in [0.1, 0.15) is 0 Å². The van der Waals surface area contributed by atoms with Crippen molar-refractivity contribution in [3.63, 3.8) is 0 Å². The van der Waals surface area contributed by atoms with E-state index in [1.165, 1.54) is 12.0 Å². The Balaban J connectivity index is 0.00000338. The predicted octanol–water partition coefficient (Wildman–Crippen LogP) is 5.09. The van der Waals surface area contributed by atoms with Gasteiger partial charge >= 0.3 is 0 Å². The number of amides is 1. The van der Waals surface area contributed by atoms with Gasteiger partial charge in [0.2, 0.25) is 5.91 Å². The first kappa shape index (κ1) is 23.3. The first-order valence-electron chi connectivity index (χ1n) is 9.62. The summed E-state index contributed by atoms with van der Waals surface area (Å²) in [7, 11) is 0. The smallest absolute Gasteiger partial charge is 0.237 e. The Labute approximate surface area is 169 Å². The minimum Gasteiger partial charge on any atom is -0.351 e. The van der Waals surface area contributed by atoms with Gasteiger partial charge in [0.25, 0.3) is 0 Å². The Morgan fingerprint density at radius 2 is 1.81 bits per heavy atom. The van der Waals surface area contributed by atoms with E-state index < -0.39 is 6.04 Å². The van der Waals surface area contributed by atoms with Gasteiger partial charge in [-0.2, -0.15) is 0 Å². The highest BCUT2D eigenvalue weighted by Crippen LogP contribution is 2.48. The second kappa shape index (κ2) is 9.96. The summed E-state index contributed by atoms with van der Waals surface area (Å²) in [5, 5.41) is 4.07. The van der Waals surface area contributed by atoms with Gasteiger partial charge < -0.3 is 11.1 Å². The van der Waals surface area contributed by atoms with Crippen LogP contribution in [0.15, 0.2) is 24.3 Å². The van der Waals surface area contributed by atoms with Gasteiger partial charge in [-0.15, -0.1) is 12.4 Å². The minimum absolute atomic E-state index is 0. The zero-order chi connectivity index (χ0) is 18.6. The number of hydrogen-bond acceptors (Lipinski definition) is 2. The molecule has 1 aliphatic carbocycles. The fourth-order valence-electron chi connectivity index (χ4n) is 3.85. The number of nitrogens with one attached hydrogen (secondary N) is 1. The third-order valence-corrected chi connectivity index (χ3v) is 6.17. The van der Waals surface area contributed by atoms with Gasteiger partial charge in [0.15, 0.2) is 0 Å². The van der Waals surface area contributed by atoms with E-state index in [9.17, 15) is 4.79 Å². The highest BCUT2D eigenvalue weighted by Gasteiger charge is 2.46. The fourth-order valence-corrected chi connectivity index (χ4v) is 3.98. The van der Waals surface area contributed by atoms with Crippen molar-refractivity contribution in [1.82, 2.24) is 5.32 Å². The first-order chi connectivity index (χ1) is 11.8. The van der Waals surface area contributed by atoms with E-state index in [1.807, 2.05) is 19.1 Å². The van der Waals surface area contributed by atoms with Crippen LogP contribution in [0.2, 0.25) is 5.02 Å². The summed E-state index contributed by atoms with van der Waals surface area (Å²) in [6.45, 7) is 8.54. The maximum absolute atomic E-state index is 12.8. The standard InChI is InChI=1S/C21H33ClN2O.ClH/c1-5-15(4)19(23)20(25)24-18(13-14(2)3)21(11-6-12-21)16-7-9-17(22)10-8-16;/h7-10,14-15,18-19H,5-6,11-13,23H2,1-4H3,(H,24,25);1H/t15-,18+,19-;/m0./s1. The Hall–Kier alpha value is -0.770. The largest absolute Gasteiger partial charge is 0.351 e. The number of carbonyl (C=O) groups is 1. The molecule has 148 valence electrons. The van der Waals surface area contributed by atoms with E-state index >= 15 is 0 Å². The van der Waals surface area contributed by atoms with Crippen LogP contribution in [-0.4, -0.2) is 18.0 Å². The van der Waals surface area contributed by atoms with Gasteiger partial charge in [0.05, 0.1) is 6.04 Å². The minimum atomic E-state index is -0.443. The van der Waals surface area contributed by atoms with Crippen molar-refractivity contribution in [1.29, 1.82) is 0 Å². The normalized spacial score (nSPS) is 19.0. The second-order valence-corrected chi connectivity index (χ2v) is 8.56. The van der Waals surface area contributed by atoms with Crippen molar-refractivity contribution in [2.75, 3.05) is 0 Å². The van der Waals surface area contributed by atoms with Crippen LogP contribution in [0.1, 0.15) is 65.4 Å². The SMILES string of the molecule is CC[C@H](C)[C@H](N)C(=O)N[C@H](CC(C)C)C1(c2ccc(Cl)cc2)CCC1.Cl. The molecule has 0 heterocycles. The molecule has 1 fully saturated rings. The number of hydrogen-bond donors (Lipinski definition) is 2. The molecule has 1 amide bonds. The van der Waals surface area contributed by atoms with Crippen LogP contribution in [-0.2, 0) is 10.2 Å². The lowest BCUT2D eigenvalue weighted by atomic mass is 9.58. The van der Waals surface area contributed by atoms with Crippen LogP contribution in [0, 0.1) is 11.8 Å². The molecule has 1 aromatic rings. The first-order valence-corrected chi connectivity index (χ1v) is 10.00. The molecular formula is C21H34Cl2N2O. The summed E-state index contributed by atoms with van der Waals surface area (Å²) in [5.41, 5.74) is 7.48. The maximum atomic E-state index is 12.8. The second-order valence-electron chi connectivity index (χ2n) is 8.12. The molecule has 0 unspecified atom stereocenters. The number of carbonyl (C=O) groups excluding carboxylic acids is 1. The van der Waals surface area contributed by atoms with Gasteiger partial charge in [0, 0.05) is 16.5 Å². The van der Waals surface area contributed by atoms with Crippen molar-refractivity contribution in [2.24, 2.45) is 17.6 Å². The Morgan fingerprint density at radius 3 is 2.23 bits per heavy atom. The summed E-state index contributed by atoms with van der Waals surface area (Å²) in [4.78, 5) is 12.8. The van der Waals surface area contributed by atoms with Crippen LogP contribution in [0.5, 0.6) is 0 Å². The molecule has 3 atom stereocenters. The predicted molar refractivity (Wildman–Crippen MR) is 113 cm³/mol. The average molecular weight is 401 g/mol. The number of benzene rings is 1. The van der Waals surface area contributed by atoms with Gasteiger partial charge in [-0.3, -0.25) is 4.79 Å². The van der Waals surface area contributed by atoms with Crippen LogP contribution in [0.25, 0.3) is 0 Å². The molecule has 2 rings (SSSR count). The molecule has 0 aliphatic heterocycles. The molecule has 5 heteroatoms. The molecule has 3 nitrogen and oxygen atoms in total. The van der Waals surface area contributed by atoms with Crippen molar-refractivity contribution in [3.8, 4) is 0 Å². The molecule has 0 radical (unpaired) electrons. The molecule has 1 saturated carbocycles. The van der Waals surface area contributed by atoms with E-state index in [-0.39, 0.29) is 35.7 Å². The van der Waals surface area contributed by atoms with Crippen molar-refractivity contribution < 1.29 is 4.79 Å². The van der Waals surface area contributed by atoms with Gasteiger partial charge in [-0.05, 0) is 48.8 Å². The lowest BCUT2D eigenvalue weighted by Gasteiger charge is -2.49. The Kier molecular flexibility index (Phi) is 8.92.